The molecule has 2 N–H and O–H groups in total. The lowest BCUT2D eigenvalue weighted by Crippen LogP contribution is -2.44. The molecule has 1 aliphatic rings. The summed E-state index contributed by atoms with van der Waals surface area (Å²) in [5, 5.41) is 0. The zero-order valence-corrected chi connectivity index (χ0v) is 12.3. The number of amides is 1. The molecule has 1 saturated heterocycles. The topological polar surface area (TPSA) is 46.3 Å². The minimum Gasteiger partial charge on any atom is -0.336 e. The Morgan fingerprint density at radius 2 is 2.26 bits per heavy atom. The molecule has 19 heavy (non-hydrogen) atoms. The Morgan fingerprint density at radius 3 is 2.95 bits per heavy atom. The second-order valence-electron chi connectivity index (χ2n) is 4.85. The van der Waals surface area contributed by atoms with E-state index in [0.29, 0.717) is 16.6 Å². The number of hydrogen-bond acceptors (Lipinski definition) is 2. The van der Waals surface area contributed by atoms with Gasteiger partial charge in [0.1, 0.15) is 5.82 Å². The van der Waals surface area contributed by atoms with Crippen LogP contribution in [0, 0.1) is 5.82 Å². The Labute approximate surface area is 121 Å². The van der Waals surface area contributed by atoms with Crippen LogP contribution >= 0.6 is 15.9 Å². The first-order valence-electron chi connectivity index (χ1n) is 6.59. The van der Waals surface area contributed by atoms with Crippen molar-refractivity contribution in [3.05, 3.63) is 34.1 Å². The third-order valence-electron chi connectivity index (χ3n) is 3.55. The van der Waals surface area contributed by atoms with Crippen LogP contribution in [0.2, 0.25) is 0 Å². The molecular weight excluding hydrogens is 311 g/mol. The number of nitrogens with zero attached hydrogens (tertiary/aromatic N) is 1. The molecule has 0 aliphatic carbocycles. The quantitative estimate of drug-likeness (QED) is 0.927. The average Bonchev–Trinajstić information content (AvgIpc) is 2.39. The molecule has 1 aromatic rings. The first-order chi connectivity index (χ1) is 9.13. The van der Waals surface area contributed by atoms with Crippen molar-refractivity contribution in [3.63, 3.8) is 0 Å². The summed E-state index contributed by atoms with van der Waals surface area (Å²) in [6.07, 6.45) is 3.98. The van der Waals surface area contributed by atoms with E-state index in [1.807, 2.05) is 4.90 Å². The van der Waals surface area contributed by atoms with Gasteiger partial charge in [0.2, 0.25) is 0 Å². The predicted octanol–water partition coefficient (Wildman–Crippen LogP) is 2.93. The van der Waals surface area contributed by atoms with Gasteiger partial charge in [0.25, 0.3) is 5.91 Å². The molecule has 5 heteroatoms. The standard InChI is InChI=1S/C14H18BrFN2O/c15-13-9-10(16)4-5-12(13)14(19)18-8-2-1-3-11(18)6-7-17/h4-5,9,11H,1-3,6-8,17H2/t11-/m0/s1. The Kier molecular flexibility index (Phi) is 4.93. The lowest BCUT2D eigenvalue weighted by molar-refractivity contribution is 0.0604. The molecule has 0 saturated carbocycles. The fourth-order valence-electron chi connectivity index (χ4n) is 2.58. The highest BCUT2D eigenvalue weighted by atomic mass is 79.9. The fraction of sp³-hybridized carbons (Fsp3) is 0.500. The van der Waals surface area contributed by atoms with E-state index in [4.69, 9.17) is 5.73 Å². The van der Waals surface area contributed by atoms with Crippen molar-refractivity contribution in [1.82, 2.24) is 4.90 Å². The van der Waals surface area contributed by atoms with Crippen molar-refractivity contribution in [1.29, 1.82) is 0 Å². The second-order valence-corrected chi connectivity index (χ2v) is 5.70. The Balaban J connectivity index is 2.21. The Morgan fingerprint density at radius 1 is 1.47 bits per heavy atom. The number of likely N-dealkylation sites (tertiary alicyclic amines) is 1. The van der Waals surface area contributed by atoms with Crippen molar-refractivity contribution >= 4 is 21.8 Å². The Bertz CT molecular complexity index is 465. The molecule has 0 radical (unpaired) electrons. The van der Waals surface area contributed by atoms with Gasteiger partial charge in [0.05, 0.1) is 5.56 Å². The maximum Gasteiger partial charge on any atom is 0.255 e. The summed E-state index contributed by atoms with van der Waals surface area (Å²) in [7, 11) is 0. The fourth-order valence-corrected chi connectivity index (χ4v) is 3.10. The van der Waals surface area contributed by atoms with Gasteiger partial charge in [-0.25, -0.2) is 4.39 Å². The number of rotatable bonds is 3. The molecule has 0 bridgehead atoms. The van der Waals surface area contributed by atoms with Crippen LogP contribution in [0.5, 0.6) is 0 Å². The van der Waals surface area contributed by atoms with Crippen LogP contribution in [0.15, 0.2) is 22.7 Å². The molecule has 1 heterocycles. The number of nitrogens with two attached hydrogens (primary N) is 1. The van der Waals surface area contributed by atoms with Crippen LogP contribution in [-0.2, 0) is 0 Å². The van der Waals surface area contributed by atoms with Crippen LogP contribution < -0.4 is 5.73 Å². The first-order valence-corrected chi connectivity index (χ1v) is 7.39. The minimum absolute atomic E-state index is 0.0370. The molecule has 1 aliphatic heterocycles. The van der Waals surface area contributed by atoms with Gasteiger partial charge < -0.3 is 10.6 Å². The van der Waals surface area contributed by atoms with Crippen LogP contribution in [0.25, 0.3) is 0 Å². The van der Waals surface area contributed by atoms with E-state index in [9.17, 15) is 9.18 Å². The van der Waals surface area contributed by atoms with E-state index in [-0.39, 0.29) is 17.8 Å². The molecule has 2 rings (SSSR count). The summed E-state index contributed by atoms with van der Waals surface area (Å²) in [6, 6.07) is 4.40. The van der Waals surface area contributed by atoms with Crippen LogP contribution in [0.4, 0.5) is 4.39 Å². The summed E-state index contributed by atoms with van der Waals surface area (Å²) in [5.74, 6) is -0.384. The van der Waals surface area contributed by atoms with Gasteiger partial charge >= 0.3 is 0 Å². The maximum atomic E-state index is 13.1. The highest BCUT2D eigenvalue weighted by Crippen LogP contribution is 2.25. The second kappa shape index (κ2) is 6.48. The molecule has 0 aromatic heterocycles. The van der Waals surface area contributed by atoms with Crippen molar-refractivity contribution in [3.8, 4) is 0 Å². The van der Waals surface area contributed by atoms with Gasteiger partial charge in [-0.15, -0.1) is 0 Å². The highest BCUT2D eigenvalue weighted by molar-refractivity contribution is 9.10. The molecule has 1 fully saturated rings. The number of piperidine rings is 1. The molecule has 0 unspecified atom stereocenters. The normalized spacial score (nSPS) is 19.5. The monoisotopic (exact) mass is 328 g/mol. The van der Waals surface area contributed by atoms with Crippen LogP contribution in [0.1, 0.15) is 36.0 Å². The van der Waals surface area contributed by atoms with E-state index in [1.54, 1.807) is 0 Å². The van der Waals surface area contributed by atoms with Gasteiger partial charge in [-0.3, -0.25) is 4.79 Å². The van der Waals surface area contributed by atoms with Gasteiger partial charge in [-0.05, 0) is 66.4 Å². The molecule has 0 spiro atoms. The molecule has 1 atom stereocenters. The smallest absolute Gasteiger partial charge is 0.255 e. The average molecular weight is 329 g/mol. The van der Waals surface area contributed by atoms with Gasteiger partial charge in [-0.1, -0.05) is 0 Å². The summed E-state index contributed by atoms with van der Waals surface area (Å²) < 4.78 is 13.6. The third-order valence-corrected chi connectivity index (χ3v) is 4.21. The number of carbonyl (C=O) groups excluding carboxylic acids is 1. The van der Waals surface area contributed by atoms with Crippen molar-refractivity contribution in [2.24, 2.45) is 5.73 Å². The van der Waals surface area contributed by atoms with Gasteiger partial charge in [0, 0.05) is 17.1 Å². The van der Waals surface area contributed by atoms with Gasteiger partial charge in [-0.2, -0.15) is 0 Å². The summed E-state index contributed by atoms with van der Waals surface area (Å²) >= 11 is 3.26. The highest BCUT2D eigenvalue weighted by Gasteiger charge is 2.27. The number of hydrogen-bond donors (Lipinski definition) is 1. The lowest BCUT2D eigenvalue weighted by atomic mass is 9.98. The molecule has 3 nitrogen and oxygen atoms in total. The zero-order chi connectivity index (χ0) is 13.8. The SMILES string of the molecule is NCC[C@@H]1CCCCN1C(=O)c1ccc(F)cc1Br. The maximum absolute atomic E-state index is 13.1. The summed E-state index contributed by atoms with van der Waals surface area (Å²) in [5.41, 5.74) is 6.13. The van der Waals surface area contributed by atoms with E-state index >= 15 is 0 Å². The van der Waals surface area contributed by atoms with E-state index in [1.165, 1.54) is 18.2 Å². The third kappa shape index (κ3) is 3.34. The first kappa shape index (κ1) is 14.5. The number of carbonyl (C=O) groups is 1. The number of halogens is 2. The van der Waals surface area contributed by atoms with Crippen molar-refractivity contribution < 1.29 is 9.18 Å². The molecule has 104 valence electrons. The largest absolute Gasteiger partial charge is 0.336 e. The summed E-state index contributed by atoms with van der Waals surface area (Å²) in [4.78, 5) is 14.4. The van der Waals surface area contributed by atoms with E-state index in [2.05, 4.69) is 15.9 Å². The minimum atomic E-state index is -0.347. The molecular formula is C14H18BrFN2O. The zero-order valence-electron chi connectivity index (χ0n) is 10.7. The van der Waals surface area contributed by atoms with Crippen molar-refractivity contribution in [2.75, 3.05) is 13.1 Å². The Hall–Kier alpha value is -0.940. The van der Waals surface area contributed by atoms with E-state index < -0.39 is 0 Å². The van der Waals surface area contributed by atoms with Crippen LogP contribution in [0.3, 0.4) is 0 Å². The molecule has 1 aromatic carbocycles. The molecule has 1 amide bonds. The van der Waals surface area contributed by atoms with Gasteiger partial charge in [0.15, 0.2) is 0 Å². The summed E-state index contributed by atoms with van der Waals surface area (Å²) in [6.45, 7) is 1.34. The van der Waals surface area contributed by atoms with E-state index in [0.717, 1.165) is 32.2 Å². The predicted molar refractivity (Wildman–Crippen MR) is 76.4 cm³/mol. The lowest BCUT2D eigenvalue weighted by Gasteiger charge is -2.36. The van der Waals surface area contributed by atoms with Crippen molar-refractivity contribution in [2.45, 2.75) is 31.7 Å². The van der Waals surface area contributed by atoms with Crippen LogP contribution in [-0.4, -0.2) is 29.9 Å². The number of benzene rings is 1.